The van der Waals surface area contributed by atoms with Gasteiger partial charge in [-0.2, -0.15) is 0 Å². The summed E-state index contributed by atoms with van der Waals surface area (Å²) < 4.78 is 4.92. The molecule has 0 aromatic heterocycles. The Bertz CT molecular complexity index is 788. The maximum Gasteiger partial charge on any atom is 0.407 e. The molecule has 0 aliphatic carbocycles. The van der Waals surface area contributed by atoms with Crippen molar-refractivity contribution in [2.75, 3.05) is 26.2 Å². The van der Waals surface area contributed by atoms with Gasteiger partial charge in [0.05, 0.1) is 6.61 Å². The van der Waals surface area contributed by atoms with E-state index in [0.29, 0.717) is 26.2 Å². The summed E-state index contributed by atoms with van der Waals surface area (Å²) in [4.78, 5) is 25.8. The number of likely N-dealkylation sites (tertiary alicyclic amines) is 1. The number of hydrogen-bond acceptors (Lipinski definition) is 3. The highest BCUT2D eigenvalue weighted by Crippen LogP contribution is 2.18. The smallest absolute Gasteiger partial charge is 0.407 e. The van der Waals surface area contributed by atoms with Gasteiger partial charge in [-0.05, 0) is 42.5 Å². The predicted molar refractivity (Wildman–Crippen MR) is 106 cm³/mol. The highest BCUT2D eigenvalue weighted by Gasteiger charge is 2.24. The van der Waals surface area contributed by atoms with E-state index < -0.39 is 6.09 Å². The number of nitrogens with zero attached hydrogens (tertiary/aromatic N) is 1. The molecule has 1 saturated heterocycles. The summed E-state index contributed by atoms with van der Waals surface area (Å²) in [6.45, 7) is 3.92. The van der Waals surface area contributed by atoms with Crippen molar-refractivity contribution >= 4 is 22.9 Å². The van der Waals surface area contributed by atoms with Crippen molar-refractivity contribution in [3.8, 4) is 0 Å². The summed E-state index contributed by atoms with van der Waals surface area (Å²) in [5.74, 6) is 0. The second kappa shape index (κ2) is 9.26. The van der Waals surface area contributed by atoms with Crippen LogP contribution in [0.5, 0.6) is 0 Å². The van der Waals surface area contributed by atoms with Gasteiger partial charge in [0.25, 0.3) is 0 Å². The number of hydrogen-bond donors (Lipinski definition) is 2. The molecule has 1 unspecified atom stereocenters. The van der Waals surface area contributed by atoms with Crippen LogP contribution in [0, 0.1) is 0 Å². The van der Waals surface area contributed by atoms with Gasteiger partial charge in [-0.25, -0.2) is 9.59 Å². The van der Waals surface area contributed by atoms with Crippen molar-refractivity contribution in [2.24, 2.45) is 0 Å². The van der Waals surface area contributed by atoms with Crippen LogP contribution in [0.15, 0.2) is 42.5 Å². The summed E-state index contributed by atoms with van der Waals surface area (Å²) in [5, 5.41) is 8.27. The first-order valence-electron chi connectivity index (χ1n) is 9.60. The Morgan fingerprint density at radius 1 is 1.19 bits per heavy atom. The molecule has 1 atom stereocenters. The molecule has 3 rings (SSSR count). The minimum Gasteiger partial charge on any atom is -0.450 e. The second-order valence-corrected chi connectivity index (χ2v) is 6.77. The highest BCUT2D eigenvalue weighted by atomic mass is 16.5. The normalized spacial score (nSPS) is 16.8. The van der Waals surface area contributed by atoms with Gasteiger partial charge in [0.1, 0.15) is 0 Å². The molecular formula is C21H27N3O3. The van der Waals surface area contributed by atoms with Crippen LogP contribution in [0.3, 0.4) is 0 Å². The molecule has 0 spiro atoms. The quantitative estimate of drug-likeness (QED) is 0.849. The van der Waals surface area contributed by atoms with E-state index in [-0.39, 0.29) is 12.1 Å². The molecular weight excluding hydrogens is 342 g/mol. The minimum atomic E-state index is -0.416. The zero-order valence-electron chi connectivity index (χ0n) is 15.7. The maximum atomic E-state index is 12.5. The van der Waals surface area contributed by atoms with E-state index in [2.05, 4.69) is 41.0 Å². The third-order valence-electron chi connectivity index (χ3n) is 4.86. The van der Waals surface area contributed by atoms with E-state index in [9.17, 15) is 9.59 Å². The number of alkyl carbamates (subject to hydrolysis) is 1. The van der Waals surface area contributed by atoms with Crippen LogP contribution in [-0.4, -0.2) is 49.3 Å². The Balaban J connectivity index is 1.49. The monoisotopic (exact) mass is 369 g/mol. The summed E-state index contributed by atoms with van der Waals surface area (Å²) in [7, 11) is 0. The lowest BCUT2D eigenvalue weighted by Gasteiger charge is -2.32. The van der Waals surface area contributed by atoms with Gasteiger partial charge < -0.3 is 20.3 Å². The van der Waals surface area contributed by atoms with Crippen molar-refractivity contribution in [2.45, 2.75) is 32.2 Å². The fourth-order valence-corrected chi connectivity index (χ4v) is 3.55. The van der Waals surface area contributed by atoms with Crippen LogP contribution >= 0.6 is 0 Å². The average molecular weight is 369 g/mol. The number of carbonyl (C=O) groups is 2. The van der Waals surface area contributed by atoms with Gasteiger partial charge in [-0.15, -0.1) is 0 Å². The zero-order valence-corrected chi connectivity index (χ0v) is 15.7. The van der Waals surface area contributed by atoms with Crippen molar-refractivity contribution in [3.05, 3.63) is 48.0 Å². The minimum absolute atomic E-state index is 0.0541. The number of amides is 3. The van der Waals surface area contributed by atoms with Gasteiger partial charge in [0.15, 0.2) is 0 Å². The van der Waals surface area contributed by atoms with Crippen molar-refractivity contribution < 1.29 is 14.3 Å². The lowest BCUT2D eigenvalue weighted by Crippen LogP contribution is -2.52. The molecule has 144 valence electrons. The average Bonchev–Trinajstić information content (AvgIpc) is 2.68. The standard InChI is InChI=1S/C21H27N3O3/c1-2-27-21(26)23-18-10-6-14-24(15-18)20(25)22-13-12-17-9-5-8-16-7-3-4-11-19(16)17/h3-5,7-9,11,18H,2,6,10,12-15H2,1H3,(H,22,25)(H,23,26). The van der Waals surface area contributed by atoms with Crippen LogP contribution in [0.25, 0.3) is 10.8 Å². The molecule has 1 aliphatic heterocycles. The molecule has 27 heavy (non-hydrogen) atoms. The third kappa shape index (κ3) is 5.12. The Kier molecular flexibility index (Phi) is 6.52. The van der Waals surface area contributed by atoms with Crippen LogP contribution in [0.4, 0.5) is 9.59 Å². The molecule has 2 aromatic rings. The van der Waals surface area contributed by atoms with E-state index in [0.717, 1.165) is 19.3 Å². The van der Waals surface area contributed by atoms with Gasteiger partial charge >= 0.3 is 12.1 Å². The number of rotatable bonds is 5. The first kappa shape index (κ1) is 19.0. The number of benzene rings is 2. The van der Waals surface area contributed by atoms with E-state index >= 15 is 0 Å². The Hall–Kier alpha value is -2.76. The highest BCUT2D eigenvalue weighted by molar-refractivity contribution is 5.85. The Morgan fingerprint density at radius 2 is 2.00 bits per heavy atom. The summed E-state index contributed by atoms with van der Waals surface area (Å²) >= 11 is 0. The number of piperidine rings is 1. The van der Waals surface area contributed by atoms with Gasteiger partial charge in [-0.3, -0.25) is 0 Å². The van der Waals surface area contributed by atoms with Crippen molar-refractivity contribution in [1.29, 1.82) is 0 Å². The number of nitrogens with one attached hydrogen (secondary N) is 2. The zero-order chi connectivity index (χ0) is 19.1. The molecule has 0 radical (unpaired) electrons. The first-order valence-corrected chi connectivity index (χ1v) is 9.60. The molecule has 0 bridgehead atoms. The largest absolute Gasteiger partial charge is 0.450 e. The van der Waals surface area contributed by atoms with Gasteiger partial charge in [0.2, 0.25) is 0 Å². The second-order valence-electron chi connectivity index (χ2n) is 6.77. The molecule has 6 nitrogen and oxygen atoms in total. The third-order valence-corrected chi connectivity index (χ3v) is 4.86. The Labute approximate surface area is 159 Å². The molecule has 3 amide bonds. The molecule has 2 N–H and O–H groups in total. The topological polar surface area (TPSA) is 70.7 Å². The number of urea groups is 1. The molecule has 1 fully saturated rings. The number of carbonyl (C=O) groups excluding carboxylic acids is 2. The van der Waals surface area contributed by atoms with Crippen LogP contribution in [-0.2, 0) is 11.2 Å². The van der Waals surface area contributed by atoms with E-state index in [4.69, 9.17) is 4.74 Å². The van der Waals surface area contributed by atoms with Crippen LogP contribution in [0.2, 0.25) is 0 Å². The molecule has 6 heteroatoms. The SMILES string of the molecule is CCOC(=O)NC1CCCN(C(=O)NCCc2cccc3ccccc23)C1. The fraction of sp³-hybridized carbons (Fsp3) is 0.429. The number of ether oxygens (including phenoxy) is 1. The van der Waals surface area contributed by atoms with E-state index in [1.54, 1.807) is 11.8 Å². The summed E-state index contributed by atoms with van der Waals surface area (Å²) in [5.41, 5.74) is 1.23. The number of fused-ring (bicyclic) bond motifs is 1. The lowest BCUT2D eigenvalue weighted by molar-refractivity contribution is 0.135. The Morgan fingerprint density at radius 3 is 2.85 bits per heavy atom. The van der Waals surface area contributed by atoms with Gasteiger partial charge in [0, 0.05) is 25.7 Å². The van der Waals surface area contributed by atoms with Crippen molar-refractivity contribution in [3.63, 3.8) is 0 Å². The lowest BCUT2D eigenvalue weighted by atomic mass is 10.0. The molecule has 1 aliphatic rings. The van der Waals surface area contributed by atoms with Crippen molar-refractivity contribution in [1.82, 2.24) is 15.5 Å². The summed E-state index contributed by atoms with van der Waals surface area (Å²) in [6, 6.07) is 14.4. The predicted octanol–water partition coefficient (Wildman–Crippen LogP) is 3.30. The maximum absolute atomic E-state index is 12.5. The molecule has 0 saturated carbocycles. The van der Waals surface area contributed by atoms with Crippen LogP contribution < -0.4 is 10.6 Å². The molecule has 2 aromatic carbocycles. The van der Waals surface area contributed by atoms with E-state index in [1.165, 1.54) is 16.3 Å². The van der Waals surface area contributed by atoms with E-state index in [1.807, 2.05) is 12.1 Å². The first-order chi connectivity index (χ1) is 13.2. The summed E-state index contributed by atoms with van der Waals surface area (Å²) in [6.07, 6.45) is 2.10. The van der Waals surface area contributed by atoms with Gasteiger partial charge in [-0.1, -0.05) is 42.5 Å². The molecule has 1 heterocycles. The van der Waals surface area contributed by atoms with Crippen LogP contribution in [0.1, 0.15) is 25.3 Å². The fourth-order valence-electron chi connectivity index (χ4n) is 3.55.